The summed E-state index contributed by atoms with van der Waals surface area (Å²) in [5, 5.41) is 19.2. The zero-order chi connectivity index (χ0) is 23.7. The minimum Gasteiger partial charge on any atom is -0.494 e. The van der Waals surface area contributed by atoms with Crippen molar-refractivity contribution >= 4 is 16.8 Å². The van der Waals surface area contributed by atoms with Gasteiger partial charge in [-0.25, -0.2) is 4.68 Å². The van der Waals surface area contributed by atoms with Crippen molar-refractivity contribution in [1.82, 2.24) is 15.0 Å². The molecule has 8 atom stereocenters. The van der Waals surface area contributed by atoms with Gasteiger partial charge in [0.15, 0.2) is 5.78 Å². The second-order valence-electron chi connectivity index (χ2n) is 12.4. The number of ketones is 1. The number of benzene rings is 1. The highest BCUT2D eigenvalue weighted by Crippen LogP contribution is 2.64. The van der Waals surface area contributed by atoms with Crippen LogP contribution in [0.5, 0.6) is 5.75 Å². The lowest BCUT2D eigenvalue weighted by Gasteiger charge is -2.56. The van der Waals surface area contributed by atoms with Crippen molar-refractivity contribution < 1.29 is 14.6 Å². The summed E-state index contributed by atoms with van der Waals surface area (Å²) in [5.41, 5.74) is 1.22. The average molecular weight is 466 g/mol. The van der Waals surface area contributed by atoms with Crippen LogP contribution in [0, 0.1) is 40.9 Å². The van der Waals surface area contributed by atoms with Crippen LogP contribution in [0.2, 0.25) is 0 Å². The summed E-state index contributed by atoms with van der Waals surface area (Å²) in [6.45, 7) is 4.73. The van der Waals surface area contributed by atoms with Gasteiger partial charge < -0.3 is 9.84 Å². The van der Waals surface area contributed by atoms with E-state index in [-0.39, 0.29) is 17.9 Å². The van der Waals surface area contributed by atoms with Crippen molar-refractivity contribution in [2.45, 2.75) is 83.8 Å². The van der Waals surface area contributed by atoms with Crippen LogP contribution in [0.1, 0.15) is 71.6 Å². The number of aliphatic hydroxyl groups is 1. The number of carbonyl (C=O) groups is 1. The zero-order valence-electron chi connectivity index (χ0n) is 20.9. The molecule has 0 radical (unpaired) electrons. The zero-order valence-corrected chi connectivity index (χ0v) is 20.9. The number of hydrogen-bond donors (Lipinski definition) is 1. The average Bonchev–Trinajstić information content (AvgIpc) is 3.38. The Balaban J connectivity index is 1.21. The molecule has 2 unspecified atom stereocenters. The van der Waals surface area contributed by atoms with E-state index < -0.39 is 5.60 Å². The molecule has 1 heterocycles. The Labute approximate surface area is 202 Å². The summed E-state index contributed by atoms with van der Waals surface area (Å²) in [6, 6.07) is 5.73. The third-order valence-electron chi connectivity index (χ3n) is 10.6. The minimum atomic E-state index is -0.462. The van der Waals surface area contributed by atoms with Crippen molar-refractivity contribution in [1.29, 1.82) is 0 Å². The van der Waals surface area contributed by atoms with E-state index in [9.17, 15) is 9.90 Å². The molecule has 4 aliphatic carbocycles. The van der Waals surface area contributed by atoms with Gasteiger partial charge in [-0.1, -0.05) is 18.2 Å². The van der Waals surface area contributed by atoms with Gasteiger partial charge >= 0.3 is 0 Å². The van der Waals surface area contributed by atoms with E-state index in [1.807, 2.05) is 25.1 Å². The first-order chi connectivity index (χ1) is 16.3. The molecule has 4 saturated carbocycles. The molecule has 0 bridgehead atoms. The largest absolute Gasteiger partial charge is 0.494 e. The molecular weight excluding hydrogens is 426 g/mol. The van der Waals surface area contributed by atoms with Crippen LogP contribution in [0.3, 0.4) is 0 Å². The van der Waals surface area contributed by atoms with Gasteiger partial charge in [-0.2, -0.15) is 0 Å². The first-order valence-corrected chi connectivity index (χ1v) is 13.4. The molecule has 0 spiro atoms. The number of aromatic nitrogens is 3. The number of nitrogens with zero attached hydrogens (tertiary/aromatic N) is 3. The highest BCUT2D eigenvalue weighted by molar-refractivity contribution is 5.86. The molecule has 0 aliphatic heterocycles. The third-order valence-corrected chi connectivity index (χ3v) is 10.6. The lowest BCUT2D eigenvalue weighted by molar-refractivity contribution is -0.133. The van der Waals surface area contributed by atoms with Crippen LogP contribution in [0.15, 0.2) is 18.2 Å². The van der Waals surface area contributed by atoms with Crippen LogP contribution in [-0.2, 0) is 11.3 Å². The maximum absolute atomic E-state index is 13.7. The van der Waals surface area contributed by atoms with Crippen LogP contribution in [0.4, 0.5) is 0 Å². The van der Waals surface area contributed by atoms with Gasteiger partial charge in [0.05, 0.1) is 12.7 Å². The summed E-state index contributed by atoms with van der Waals surface area (Å²) in [7, 11) is 1.65. The molecule has 1 N–H and O–H groups in total. The van der Waals surface area contributed by atoms with Crippen LogP contribution in [-0.4, -0.2) is 38.6 Å². The first-order valence-electron chi connectivity index (χ1n) is 13.4. The fourth-order valence-electron chi connectivity index (χ4n) is 9.14. The van der Waals surface area contributed by atoms with Gasteiger partial charge in [-0.15, -0.1) is 5.10 Å². The standard InChI is InChI=1S/C28H39N3O3/c1-27(33)13-11-18-17(15-27)7-8-20-19(18)12-14-28(2)21(20)9-10-22(28)24(32)16-31-26-23(29-30-31)5-4-6-25(26)34-3/h4-6,17-22,33H,7-16H2,1-3H3/t17-,18+,19-,20?,21+,22-,27-,28?/m1/s1. The summed E-state index contributed by atoms with van der Waals surface area (Å²) in [4.78, 5) is 13.7. The van der Waals surface area contributed by atoms with Gasteiger partial charge in [-0.05, 0) is 112 Å². The lowest BCUT2D eigenvalue weighted by Crippen LogP contribution is -2.51. The normalized spacial score (nSPS) is 41.5. The molecule has 1 aromatic heterocycles. The Morgan fingerprint density at radius 2 is 1.91 bits per heavy atom. The summed E-state index contributed by atoms with van der Waals surface area (Å²) in [5.74, 6) is 4.83. The van der Waals surface area contributed by atoms with Gasteiger partial charge in [0.1, 0.15) is 23.3 Å². The maximum atomic E-state index is 13.7. The molecule has 6 heteroatoms. The molecule has 1 aromatic carbocycles. The Bertz CT molecular complexity index is 1090. The second-order valence-corrected chi connectivity index (χ2v) is 12.4. The molecular formula is C28H39N3O3. The molecule has 34 heavy (non-hydrogen) atoms. The van der Waals surface area contributed by atoms with Crippen molar-refractivity contribution in [2.75, 3.05) is 7.11 Å². The minimum absolute atomic E-state index is 0.103. The number of rotatable bonds is 4. The smallest absolute Gasteiger partial charge is 0.157 e. The fourth-order valence-corrected chi connectivity index (χ4v) is 9.14. The first kappa shape index (κ1) is 22.5. The number of methoxy groups -OCH3 is 1. The van der Waals surface area contributed by atoms with E-state index in [2.05, 4.69) is 17.2 Å². The molecule has 2 aromatic rings. The maximum Gasteiger partial charge on any atom is 0.157 e. The van der Waals surface area contributed by atoms with Gasteiger partial charge in [0, 0.05) is 5.92 Å². The number of para-hydroxylation sites is 1. The number of hydrogen-bond acceptors (Lipinski definition) is 5. The van der Waals surface area contributed by atoms with E-state index in [0.717, 1.165) is 60.2 Å². The molecule has 6 nitrogen and oxygen atoms in total. The van der Waals surface area contributed by atoms with E-state index in [1.54, 1.807) is 11.8 Å². The Kier molecular flexibility index (Phi) is 5.32. The predicted octanol–water partition coefficient (Wildman–Crippen LogP) is 5.03. The van der Waals surface area contributed by atoms with Gasteiger partial charge in [0.2, 0.25) is 0 Å². The van der Waals surface area contributed by atoms with E-state index in [1.165, 1.54) is 32.1 Å². The van der Waals surface area contributed by atoms with Crippen molar-refractivity contribution in [3.8, 4) is 5.75 Å². The van der Waals surface area contributed by atoms with Gasteiger partial charge in [-0.3, -0.25) is 4.79 Å². The van der Waals surface area contributed by atoms with Gasteiger partial charge in [0.25, 0.3) is 0 Å². The number of fused-ring (bicyclic) bond motifs is 6. The molecule has 0 amide bonds. The van der Waals surface area contributed by atoms with E-state index in [4.69, 9.17) is 4.74 Å². The van der Waals surface area contributed by atoms with Crippen molar-refractivity contribution in [3.05, 3.63) is 18.2 Å². The summed E-state index contributed by atoms with van der Waals surface area (Å²) >= 11 is 0. The fraction of sp³-hybridized carbons (Fsp3) is 0.750. The van der Waals surface area contributed by atoms with E-state index in [0.29, 0.717) is 17.6 Å². The topological polar surface area (TPSA) is 77.2 Å². The van der Waals surface area contributed by atoms with Crippen molar-refractivity contribution in [3.63, 3.8) is 0 Å². The molecule has 4 fully saturated rings. The second kappa shape index (κ2) is 8.04. The highest BCUT2D eigenvalue weighted by Gasteiger charge is 2.58. The summed E-state index contributed by atoms with van der Waals surface area (Å²) in [6.07, 6.45) is 10.3. The lowest BCUT2D eigenvalue weighted by atomic mass is 9.49. The SMILES string of the molecule is COc1cccc2nnn(CC(=O)[C@H]3CC[C@H]4C5CC[C@@H]6C[C@](C)(O)CC[C@@H]6[C@H]5CCC34C)c12. The van der Waals surface area contributed by atoms with Crippen molar-refractivity contribution in [2.24, 2.45) is 40.9 Å². The predicted molar refractivity (Wildman–Crippen MR) is 130 cm³/mol. The van der Waals surface area contributed by atoms with E-state index >= 15 is 0 Å². The molecule has 0 saturated heterocycles. The number of carbonyl (C=O) groups excluding carboxylic acids is 1. The molecule has 184 valence electrons. The van der Waals surface area contributed by atoms with Crippen LogP contribution < -0.4 is 4.74 Å². The Morgan fingerprint density at radius 3 is 2.74 bits per heavy atom. The summed E-state index contributed by atoms with van der Waals surface area (Å²) < 4.78 is 7.27. The number of Topliss-reactive ketones (excluding diaryl/α,β-unsaturated/α-hetero) is 1. The van der Waals surface area contributed by atoms with Crippen LogP contribution in [0.25, 0.3) is 11.0 Å². The molecule has 4 aliphatic rings. The Hall–Kier alpha value is -1.95. The molecule has 6 rings (SSSR count). The Morgan fingerprint density at radius 1 is 1.09 bits per heavy atom. The number of ether oxygens (including phenoxy) is 1. The highest BCUT2D eigenvalue weighted by atomic mass is 16.5. The quantitative estimate of drug-likeness (QED) is 0.685. The van der Waals surface area contributed by atoms with Crippen LogP contribution >= 0.6 is 0 Å². The monoisotopic (exact) mass is 465 g/mol. The third kappa shape index (κ3) is 3.42.